The lowest BCUT2D eigenvalue weighted by atomic mass is 10.2. The maximum Gasteiger partial charge on any atom is 0.238 e. The number of rotatable bonds is 3. The smallest absolute Gasteiger partial charge is 0.238 e. The van der Waals surface area contributed by atoms with E-state index in [9.17, 15) is 4.79 Å². The van der Waals surface area contributed by atoms with Gasteiger partial charge in [0.2, 0.25) is 5.91 Å². The fourth-order valence-electron chi connectivity index (χ4n) is 1.08. The quantitative estimate of drug-likeness (QED) is 0.898. The molecule has 0 aromatic heterocycles. The third-order valence-corrected chi connectivity index (χ3v) is 2.30. The molecule has 3 nitrogen and oxygen atoms in total. The first-order chi connectivity index (χ1) is 6.63. The van der Waals surface area contributed by atoms with Crippen molar-refractivity contribution in [1.82, 2.24) is 5.32 Å². The molecule has 0 aliphatic rings. The zero-order valence-corrected chi connectivity index (χ0v) is 11.0. The van der Waals surface area contributed by atoms with E-state index in [0.717, 1.165) is 15.7 Å². The topological polar surface area (TPSA) is 41.1 Å². The van der Waals surface area contributed by atoms with Crippen LogP contribution in [0, 0.1) is 6.92 Å². The lowest BCUT2D eigenvalue weighted by molar-refractivity contribution is -0.115. The van der Waals surface area contributed by atoms with E-state index in [0.29, 0.717) is 6.54 Å². The first-order valence-electron chi connectivity index (χ1n) is 4.34. The summed E-state index contributed by atoms with van der Waals surface area (Å²) in [6.07, 6.45) is 0. The minimum Gasteiger partial charge on any atom is -0.325 e. The first kappa shape index (κ1) is 14.4. The van der Waals surface area contributed by atoms with E-state index >= 15 is 0 Å². The zero-order chi connectivity index (χ0) is 10.6. The summed E-state index contributed by atoms with van der Waals surface area (Å²) in [4.78, 5) is 11.3. The summed E-state index contributed by atoms with van der Waals surface area (Å²) in [5.74, 6) is -0.0336. The number of hydrogen-bond acceptors (Lipinski definition) is 2. The zero-order valence-electron chi connectivity index (χ0n) is 8.63. The molecule has 0 atom stereocenters. The molecule has 0 saturated carbocycles. The predicted octanol–water partition coefficient (Wildman–Crippen LogP) is 2.34. The molecule has 1 aromatic carbocycles. The normalized spacial score (nSPS) is 9.27. The van der Waals surface area contributed by atoms with Crippen molar-refractivity contribution in [2.75, 3.05) is 18.9 Å². The van der Waals surface area contributed by atoms with Crippen molar-refractivity contribution in [3.05, 3.63) is 28.2 Å². The third-order valence-electron chi connectivity index (χ3n) is 1.81. The van der Waals surface area contributed by atoms with E-state index in [1.165, 1.54) is 0 Å². The lowest BCUT2D eigenvalue weighted by Gasteiger charge is -2.08. The van der Waals surface area contributed by atoms with Crippen LogP contribution in [0.4, 0.5) is 5.69 Å². The molecule has 0 aliphatic heterocycles. The maximum absolute atomic E-state index is 11.3. The van der Waals surface area contributed by atoms with Crippen molar-refractivity contribution in [3.8, 4) is 0 Å². The molecular formula is C10H14BrClN2O. The van der Waals surface area contributed by atoms with Gasteiger partial charge in [-0.25, -0.2) is 0 Å². The third kappa shape index (κ3) is 4.64. The predicted molar refractivity (Wildman–Crippen MR) is 68.7 cm³/mol. The van der Waals surface area contributed by atoms with Crippen LogP contribution in [0.15, 0.2) is 22.7 Å². The highest BCUT2D eigenvalue weighted by Crippen LogP contribution is 2.20. The van der Waals surface area contributed by atoms with Crippen LogP contribution in [0.3, 0.4) is 0 Å². The number of carbonyl (C=O) groups is 1. The number of aryl methyl sites for hydroxylation is 1. The molecular weight excluding hydrogens is 279 g/mol. The highest BCUT2D eigenvalue weighted by molar-refractivity contribution is 9.10. The van der Waals surface area contributed by atoms with Crippen molar-refractivity contribution in [1.29, 1.82) is 0 Å². The number of benzene rings is 1. The Bertz CT molecular complexity index is 344. The second kappa shape index (κ2) is 6.82. The van der Waals surface area contributed by atoms with Gasteiger partial charge in [-0.2, -0.15) is 0 Å². The Morgan fingerprint density at radius 2 is 2.13 bits per heavy atom. The van der Waals surface area contributed by atoms with E-state index in [2.05, 4.69) is 26.6 Å². The molecule has 0 spiro atoms. The van der Waals surface area contributed by atoms with E-state index < -0.39 is 0 Å². The van der Waals surface area contributed by atoms with Crippen LogP contribution in [-0.4, -0.2) is 19.5 Å². The summed E-state index contributed by atoms with van der Waals surface area (Å²) >= 11 is 3.36. The standard InChI is InChI=1S/C10H13BrN2O.ClH/c1-7-3-4-8(11)5-9(7)13-10(14)6-12-2;/h3-5,12H,6H2,1-2H3,(H,13,14);1H. The van der Waals surface area contributed by atoms with Crippen LogP contribution in [-0.2, 0) is 4.79 Å². The van der Waals surface area contributed by atoms with Gasteiger partial charge in [0.1, 0.15) is 0 Å². The number of anilines is 1. The van der Waals surface area contributed by atoms with Crippen LogP contribution in [0.1, 0.15) is 5.56 Å². The number of carbonyl (C=O) groups excluding carboxylic acids is 1. The van der Waals surface area contributed by atoms with Gasteiger partial charge in [-0.1, -0.05) is 22.0 Å². The van der Waals surface area contributed by atoms with E-state index in [1.54, 1.807) is 7.05 Å². The summed E-state index contributed by atoms with van der Waals surface area (Å²) in [6.45, 7) is 2.29. The molecule has 0 fully saturated rings. The van der Waals surface area contributed by atoms with Gasteiger partial charge in [0.15, 0.2) is 0 Å². The fourth-order valence-corrected chi connectivity index (χ4v) is 1.44. The summed E-state index contributed by atoms with van der Waals surface area (Å²) in [5.41, 5.74) is 1.90. The van der Waals surface area contributed by atoms with Crippen molar-refractivity contribution >= 4 is 39.9 Å². The van der Waals surface area contributed by atoms with Crippen molar-refractivity contribution in [2.45, 2.75) is 6.92 Å². The molecule has 0 saturated heterocycles. The van der Waals surface area contributed by atoms with Crippen molar-refractivity contribution in [3.63, 3.8) is 0 Å². The average Bonchev–Trinajstić information content (AvgIpc) is 2.12. The second-order valence-electron chi connectivity index (χ2n) is 3.04. The van der Waals surface area contributed by atoms with Gasteiger partial charge in [-0.15, -0.1) is 12.4 Å². The molecule has 0 heterocycles. The van der Waals surface area contributed by atoms with E-state index in [1.807, 2.05) is 25.1 Å². The average molecular weight is 294 g/mol. The SMILES string of the molecule is CNCC(=O)Nc1cc(Br)ccc1C.Cl. The van der Waals surface area contributed by atoms with E-state index in [-0.39, 0.29) is 18.3 Å². The first-order valence-corrected chi connectivity index (χ1v) is 5.13. The second-order valence-corrected chi connectivity index (χ2v) is 3.95. The summed E-state index contributed by atoms with van der Waals surface area (Å²) in [6, 6.07) is 5.80. The Hall–Kier alpha value is -0.580. The minimum atomic E-state index is -0.0336. The molecule has 84 valence electrons. The number of hydrogen-bond donors (Lipinski definition) is 2. The van der Waals surface area contributed by atoms with Crippen LogP contribution < -0.4 is 10.6 Å². The van der Waals surface area contributed by atoms with Gasteiger partial charge in [-0.3, -0.25) is 4.79 Å². The molecule has 0 aliphatic carbocycles. The fraction of sp³-hybridized carbons (Fsp3) is 0.300. The van der Waals surface area contributed by atoms with Crippen LogP contribution in [0.25, 0.3) is 0 Å². The van der Waals surface area contributed by atoms with Gasteiger partial charge < -0.3 is 10.6 Å². The molecule has 1 aromatic rings. The Balaban J connectivity index is 0.00000196. The number of likely N-dealkylation sites (N-methyl/N-ethyl adjacent to an activating group) is 1. The van der Waals surface area contributed by atoms with Crippen LogP contribution >= 0.6 is 28.3 Å². The Morgan fingerprint density at radius 1 is 1.47 bits per heavy atom. The Morgan fingerprint density at radius 3 is 2.73 bits per heavy atom. The number of nitrogens with one attached hydrogen (secondary N) is 2. The molecule has 5 heteroatoms. The van der Waals surface area contributed by atoms with Crippen molar-refractivity contribution in [2.24, 2.45) is 0 Å². The van der Waals surface area contributed by atoms with Crippen molar-refractivity contribution < 1.29 is 4.79 Å². The maximum atomic E-state index is 11.3. The molecule has 2 N–H and O–H groups in total. The van der Waals surface area contributed by atoms with Gasteiger partial charge in [0, 0.05) is 10.2 Å². The molecule has 0 bridgehead atoms. The molecule has 15 heavy (non-hydrogen) atoms. The number of halogens is 2. The minimum absolute atomic E-state index is 0. The van der Waals surface area contributed by atoms with E-state index in [4.69, 9.17) is 0 Å². The monoisotopic (exact) mass is 292 g/mol. The number of amides is 1. The Kier molecular flexibility index (Phi) is 6.56. The summed E-state index contributed by atoms with van der Waals surface area (Å²) in [5, 5.41) is 5.62. The Labute approximate surface area is 104 Å². The van der Waals surface area contributed by atoms with Gasteiger partial charge >= 0.3 is 0 Å². The molecule has 1 amide bonds. The van der Waals surface area contributed by atoms with Gasteiger partial charge in [-0.05, 0) is 31.7 Å². The molecule has 0 radical (unpaired) electrons. The highest BCUT2D eigenvalue weighted by Gasteiger charge is 2.03. The largest absolute Gasteiger partial charge is 0.325 e. The highest BCUT2D eigenvalue weighted by atomic mass is 79.9. The van der Waals surface area contributed by atoms with Crippen LogP contribution in [0.2, 0.25) is 0 Å². The molecule has 0 unspecified atom stereocenters. The van der Waals surface area contributed by atoms with Crippen LogP contribution in [0.5, 0.6) is 0 Å². The molecule has 1 rings (SSSR count). The van der Waals surface area contributed by atoms with Gasteiger partial charge in [0.25, 0.3) is 0 Å². The van der Waals surface area contributed by atoms with Gasteiger partial charge in [0.05, 0.1) is 6.54 Å². The summed E-state index contributed by atoms with van der Waals surface area (Å²) < 4.78 is 0.961. The lowest BCUT2D eigenvalue weighted by Crippen LogP contribution is -2.25. The summed E-state index contributed by atoms with van der Waals surface area (Å²) in [7, 11) is 1.74.